The third-order valence-corrected chi connectivity index (χ3v) is 2.55. The van der Waals surface area contributed by atoms with Crippen LogP contribution in [-0.4, -0.2) is 12.3 Å². The van der Waals surface area contributed by atoms with E-state index in [2.05, 4.69) is 11.9 Å². The molecular weight excluding hydrogens is 174 g/mol. The number of hydrogen-bond acceptors (Lipinski definition) is 2. The summed E-state index contributed by atoms with van der Waals surface area (Å²) in [5, 5.41) is 3.30. The second kappa shape index (κ2) is 3.66. The van der Waals surface area contributed by atoms with Crippen molar-refractivity contribution in [1.29, 1.82) is 0 Å². The van der Waals surface area contributed by atoms with Crippen LogP contribution in [0.15, 0.2) is 30.9 Å². The molecule has 0 aromatic heterocycles. The molecule has 0 saturated carbocycles. The molecule has 0 saturated heterocycles. The summed E-state index contributed by atoms with van der Waals surface area (Å²) in [5.41, 5.74) is 3.04. The summed E-state index contributed by atoms with van der Waals surface area (Å²) < 4.78 is 0. The van der Waals surface area contributed by atoms with Gasteiger partial charge in [-0.15, -0.1) is 0 Å². The average molecular weight is 187 g/mol. The van der Waals surface area contributed by atoms with E-state index in [4.69, 9.17) is 0 Å². The van der Waals surface area contributed by atoms with Gasteiger partial charge in [0.25, 0.3) is 0 Å². The number of fused-ring (bicyclic) bond motifs is 1. The molecule has 0 spiro atoms. The van der Waals surface area contributed by atoms with Crippen molar-refractivity contribution in [2.45, 2.75) is 12.8 Å². The molecule has 1 N–H and O–H groups in total. The lowest BCUT2D eigenvalue weighted by Gasteiger charge is -2.19. The van der Waals surface area contributed by atoms with Crippen molar-refractivity contribution < 1.29 is 4.79 Å². The van der Waals surface area contributed by atoms with E-state index in [0.29, 0.717) is 0 Å². The number of allylic oxidation sites excluding steroid dienone is 1. The molecule has 0 atom stereocenters. The Morgan fingerprint density at radius 2 is 2.36 bits per heavy atom. The van der Waals surface area contributed by atoms with Crippen LogP contribution in [0.4, 0.5) is 5.69 Å². The van der Waals surface area contributed by atoms with Gasteiger partial charge < -0.3 is 5.32 Å². The Bertz CT molecular complexity index is 382. The van der Waals surface area contributed by atoms with Crippen molar-refractivity contribution in [2.75, 3.05) is 11.9 Å². The van der Waals surface area contributed by atoms with Crippen molar-refractivity contribution in [3.8, 4) is 0 Å². The summed E-state index contributed by atoms with van der Waals surface area (Å²) in [6.07, 6.45) is 3.46. The van der Waals surface area contributed by atoms with Gasteiger partial charge in [0, 0.05) is 17.8 Å². The highest BCUT2D eigenvalue weighted by atomic mass is 16.1. The predicted molar refractivity (Wildman–Crippen MR) is 57.8 cm³/mol. The van der Waals surface area contributed by atoms with Crippen molar-refractivity contribution in [2.24, 2.45) is 0 Å². The second-order valence-corrected chi connectivity index (χ2v) is 3.43. The normalized spacial score (nSPS) is 14.0. The molecule has 1 aliphatic heterocycles. The molecule has 0 aliphatic carbocycles. The zero-order valence-corrected chi connectivity index (χ0v) is 8.05. The van der Waals surface area contributed by atoms with E-state index in [0.717, 1.165) is 36.2 Å². The summed E-state index contributed by atoms with van der Waals surface area (Å²) in [7, 11) is 0. The number of carbonyl (C=O) groups excluding carboxylic acids is 1. The first kappa shape index (κ1) is 9.00. The van der Waals surface area contributed by atoms with E-state index in [1.54, 1.807) is 0 Å². The van der Waals surface area contributed by atoms with E-state index in [-0.39, 0.29) is 5.78 Å². The Hall–Kier alpha value is -1.57. The van der Waals surface area contributed by atoms with E-state index in [9.17, 15) is 4.79 Å². The predicted octanol–water partition coefficient (Wildman–Crippen LogP) is 2.41. The Kier molecular flexibility index (Phi) is 2.35. The van der Waals surface area contributed by atoms with Crippen LogP contribution >= 0.6 is 0 Å². The number of nitrogens with one attached hydrogen (secondary N) is 1. The van der Waals surface area contributed by atoms with Crippen LogP contribution in [0.2, 0.25) is 0 Å². The highest BCUT2D eigenvalue weighted by Gasteiger charge is 2.14. The van der Waals surface area contributed by atoms with E-state index >= 15 is 0 Å². The Morgan fingerprint density at radius 1 is 1.50 bits per heavy atom. The van der Waals surface area contributed by atoms with E-state index in [1.165, 1.54) is 6.08 Å². The zero-order valence-electron chi connectivity index (χ0n) is 8.05. The van der Waals surface area contributed by atoms with Crippen LogP contribution in [0.1, 0.15) is 22.3 Å². The zero-order chi connectivity index (χ0) is 9.97. The van der Waals surface area contributed by atoms with Gasteiger partial charge in [-0.25, -0.2) is 0 Å². The van der Waals surface area contributed by atoms with Crippen LogP contribution in [-0.2, 0) is 6.42 Å². The minimum Gasteiger partial charge on any atom is -0.385 e. The molecule has 0 amide bonds. The number of rotatable bonds is 2. The van der Waals surface area contributed by atoms with Crippen LogP contribution in [0.25, 0.3) is 0 Å². The number of hydrogen-bond donors (Lipinski definition) is 1. The van der Waals surface area contributed by atoms with E-state index < -0.39 is 0 Å². The molecule has 0 unspecified atom stereocenters. The van der Waals surface area contributed by atoms with Crippen LogP contribution in [0.3, 0.4) is 0 Å². The molecule has 72 valence electrons. The highest BCUT2D eigenvalue weighted by molar-refractivity contribution is 6.06. The third-order valence-electron chi connectivity index (χ3n) is 2.55. The average Bonchev–Trinajstić information content (AvgIpc) is 2.27. The maximum Gasteiger partial charge on any atom is 0.185 e. The van der Waals surface area contributed by atoms with Crippen molar-refractivity contribution >= 4 is 11.5 Å². The molecule has 2 heteroatoms. The molecule has 1 aliphatic rings. The Balaban J connectivity index is 2.50. The Labute approximate surface area is 83.6 Å². The lowest BCUT2D eigenvalue weighted by molar-refractivity contribution is 0.104. The van der Waals surface area contributed by atoms with Crippen molar-refractivity contribution in [1.82, 2.24) is 0 Å². The van der Waals surface area contributed by atoms with E-state index in [1.807, 2.05) is 18.2 Å². The second-order valence-electron chi connectivity index (χ2n) is 3.43. The minimum atomic E-state index is 0.0190. The fourth-order valence-corrected chi connectivity index (χ4v) is 1.85. The fourth-order valence-electron chi connectivity index (χ4n) is 1.85. The van der Waals surface area contributed by atoms with Gasteiger partial charge in [-0.05, 0) is 30.5 Å². The number of carbonyl (C=O) groups is 1. The van der Waals surface area contributed by atoms with Crippen LogP contribution < -0.4 is 5.32 Å². The summed E-state index contributed by atoms with van der Waals surface area (Å²) in [4.78, 5) is 11.5. The summed E-state index contributed by atoms with van der Waals surface area (Å²) >= 11 is 0. The molecule has 0 radical (unpaired) electrons. The van der Waals surface area contributed by atoms with Crippen LogP contribution in [0.5, 0.6) is 0 Å². The van der Waals surface area contributed by atoms with Crippen molar-refractivity contribution in [3.05, 3.63) is 42.0 Å². The lowest BCUT2D eigenvalue weighted by atomic mass is 9.95. The number of anilines is 1. The van der Waals surface area contributed by atoms with Gasteiger partial charge in [0.05, 0.1) is 0 Å². The molecule has 0 bridgehead atoms. The molecule has 14 heavy (non-hydrogen) atoms. The fraction of sp³-hybridized carbons (Fsp3) is 0.250. The molecule has 1 heterocycles. The van der Waals surface area contributed by atoms with Crippen LogP contribution in [0, 0.1) is 0 Å². The smallest absolute Gasteiger partial charge is 0.185 e. The van der Waals surface area contributed by atoms with Gasteiger partial charge in [0.2, 0.25) is 0 Å². The monoisotopic (exact) mass is 187 g/mol. The van der Waals surface area contributed by atoms with Gasteiger partial charge in [0.15, 0.2) is 5.78 Å². The SMILES string of the molecule is C=CC(=O)c1cccc2c1CCCN2. The first-order valence-corrected chi connectivity index (χ1v) is 4.85. The highest BCUT2D eigenvalue weighted by Crippen LogP contribution is 2.25. The largest absolute Gasteiger partial charge is 0.385 e. The summed E-state index contributed by atoms with van der Waals surface area (Å²) in [5.74, 6) is 0.0190. The molecule has 2 nitrogen and oxygen atoms in total. The lowest BCUT2D eigenvalue weighted by Crippen LogP contribution is -2.14. The molecule has 2 rings (SSSR count). The summed E-state index contributed by atoms with van der Waals surface area (Å²) in [6, 6.07) is 5.80. The number of ketones is 1. The molecule has 1 aromatic rings. The molecular formula is C12H13NO. The Morgan fingerprint density at radius 3 is 3.14 bits per heavy atom. The minimum absolute atomic E-state index is 0.0190. The molecule has 1 aromatic carbocycles. The maximum atomic E-state index is 11.5. The quantitative estimate of drug-likeness (QED) is 0.569. The first-order chi connectivity index (χ1) is 6.83. The third kappa shape index (κ3) is 1.43. The first-order valence-electron chi connectivity index (χ1n) is 4.85. The van der Waals surface area contributed by atoms with Gasteiger partial charge in [-0.3, -0.25) is 4.79 Å². The summed E-state index contributed by atoms with van der Waals surface area (Å²) in [6.45, 7) is 4.51. The van der Waals surface area contributed by atoms with Gasteiger partial charge in [-0.2, -0.15) is 0 Å². The maximum absolute atomic E-state index is 11.5. The topological polar surface area (TPSA) is 29.1 Å². The standard InChI is InChI=1S/C12H13NO/c1-2-12(14)10-5-3-7-11-9(10)6-4-8-13-11/h2-3,5,7,13H,1,4,6,8H2. The molecule has 0 fully saturated rings. The van der Waals surface area contributed by atoms with Gasteiger partial charge in [-0.1, -0.05) is 18.7 Å². The van der Waals surface area contributed by atoms with Gasteiger partial charge in [0.1, 0.15) is 0 Å². The number of benzene rings is 1. The van der Waals surface area contributed by atoms with Crippen molar-refractivity contribution in [3.63, 3.8) is 0 Å². The van der Waals surface area contributed by atoms with Gasteiger partial charge >= 0.3 is 0 Å².